The van der Waals surface area contributed by atoms with Crippen molar-refractivity contribution in [3.8, 4) is 6.07 Å². The molecule has 142 valence electrons. The summed E-state index contributed by atoms with van der Waals surface area (Å²) in [6, 6.07) is 10.3. The SMILES string of the molecule is CCc1nnc(N2CCN(c3c(C#N)cnc4ccccc34)CC2)nc1CC. The highest BCUT2D eigenvalue weighted by molar-refractivity contribution is 5.94. The fourth-order valence-corrected chi connectivity index (χ4v) is 3.74. The van der Waals surface area contributed by atoms with Crippen molar-refractivity contribution >= 4 is 22.5 Å². The van der Waals surface area contributed by atoms with E-state index in [9.17, 15) is 5.26 Å². The van der Waals surface area contributed by atoms with Crippen molar-refractivity contribution in [3.05, 3.63) is 47.4 Å². The number of aromatic nitrogens is 4. The summed E-state index contributed by atoms with van der Waals surface area (Å²) in [6.07, 6.45) is 3.39. The highest BCUT2D eigenvalue weighted by Gasteiger charge is 2.23. The molecule has 0 saturated carbocycles. The van der Waals surface area contributed by atoms with Crippen molar-refractivity contribution < 1.29 is 0 Å². The maximum Gasteiger partial charge on any atom is 0.245 e. The first-order valence-corrected chi connectivity index (χ1v) is 9.75. The molecule has 2 aromatic heterocycles. The largest absolute Gasteiger partial charge is 0.366 e. The van der Waals surface area contributed by atoms with Gasteiger partial charge in [-0.05, 0) is 18.9 Å². The van der Waals surface area contributed by atoms with Gasteiger partial charge in [-0.1, -0.05) is 32.0 Å². The second-order valence-electron chi connectivity index (χ2n) is 6.84. The number of fused-ring (bicyclic) bond motifs is 1. The molecule has 0 aliphatic carbocycles. The average Bonchev–Trinajstić information content (AvgIpc) is 2.77. The summed E-state index contributed by atoms with van der Waals surface area (Å²) in [5, 5.41) is 19.3. The topological polar surface area (TPSA) is 81.8 Å². The molecule has 1 aliphatic rings. The van der Waals surface area contributed by atoms with Gasteiger partial charge in [0.05, 0.1) is 28.2 Å². The van der Waals surface area contributed by atoms with E-state index in [4.69, 9.17) is 4.98 Å². The number of para-hydroxylation sites is 1. The molecule has 0 spiro atoms. The molecule has 7 heteroatoms. The summed E-state index contributed by atoms with van der Waals surface area (Å²) in [5.41, 5.74) is 4.51. The molecule has 1 aliphatic heterocycles. The van der Waals surface area contributed by atoms with Gasteiger partial charge in [-0.25, -0.2) is 4.98 Å². The Bertz CT molecular complexity index is 1030. The van der Waals surface area contributed by atoms with Crippen molar-refractivity contribution in [2.45, 2.75) is 26.7 Å². The fraction of sp³-hybridized carbons (Fsp3) is 0.381. The van der Waals surface area contributed by atoms with Crippen LogP contribution in [0, 0.1) is 11.3 Å². The van der Waals surface area contributed by atoms with Crippen molar-refractivity contribution in [1.29, 1.82) is 5.26 Å². The van der Waals surface area contributed by atoms with E-state index in [2.05, 4.69) is 44.9 Å². The van der Waals surface area contributed by atoms with E-state index in [1.54, 1.807) is 6.20 Å². The molecule has 0 bridgehead atoms. The third-order valence-corrected chi connectivity index (χ3v) is 5.24. The Morgan fingerprint density at radius 3 is 2.39 bits per heavy atom. The van der Waals surface area contributed by atoms with Crippen LogP contribution >= 0.6 is 0 Å². The number of pyridine rings is 1. The third kappa shape index (κ3) is 3.22. The lowest BCUT2D eigenvalue weighted by atomic mass is 10.1. The molecule has 1 aromatic carbocycles. The van der Waals surface area contributed by atoms with Crippen LogP contribution in [0.3, 0.4) is 0 Å². The Labute approximate surface area is 164 Å². The molecule has 7 nitrogen and oxygen atoms in total. The van der Waals surface area contributed by atoms with Gasteiger partial charge in [-0.2, -0.15) is 10.4 Å². The van der Waals surface area contributed by atoms with Crippen LogP contribution in [0.4, 0.5) is 11.6 Å². The Morgan fingerprint density at radius 2 is 1.68 bits per heavy atom. The van der Waals surface area contributed by atoms with Gasteiger partial charge in [-0.15, -0.1) is 5.10 Å². The monoisotopic (exact) mass is 373 g/mol. The molecule has 0 unspecified atom stereocenters. The average molecular weight is 373 g/mol. The Morgan fingerprint density at radius 1 is 0.964 bits per heavy atom. The predicted octanol–water partition coefficient (Wildman–Crippen LogP) is 2.74. The van der Waals surface area contributed by atoms with Crippen LogP contribution in [0.1, 0.15) is 30.8 Å². The van der Waals surface area contributed by atoms with Crippen LogP contribution in [0.15, 0.2) is 30.5 Å². The van der Waals surface area contributed by atoms with Gasteiger partial charge >= 0.3 is 0 Å². The van der Waals surface area contributed by atoms with Gasteiger partial charge < -0.3 is 9.80 Å². The van der Waals surface area contributed by atoms with Crippen LogP contribution in [-0.2, 0) is 12.8 Å². The quantitative estimate of drug-likeness (QED) is 0.695. The first-order valence-electron chi connectivity index (χ1n) is 9.75. The number of nitriles is 1. The molecule has 4 rings (SSSR count). The van der Waals surface area contributed by atoms with Crippen molar-refractivity contribution in [2.24, 2.45) is 0 Å². The third-order valence-electron chi connectivity index (χ3n) is 5.24. The lowest BCUT2D eigenvalue weighted by molar-refractivity contribution is 0.630. The van der Waals surface area contributed by atoms with Gasteiger partial charge in [0, 0.05) is 37.8 Å². The Kier molecular flexibility index (Phi) is 5.02. The van der Waals surface area contributed by atoms with Crippen LogP contribution in [0.5, 0.6) is 0 Å². The number of hydrogen-bond donors (Lipinski definition) is 0. The Hall–Kier alpha value is -3.27. The molecular weight excluding hydrogens is 350 g/mol. The number of aryl methyl sites for hydroxylation is 2. The molecule has 0 atom stereocenters. The zero-order valence-electron chi connectivity index (χ0n) is 16.3. The van der Waals surface area contributed by atoms with Gasteiger partial charge in [0.15, 0.2) is 0 Å². The minimum absolute atomic E-state index is 0.616. The number of nitrogens with zero attached hydrogens (tertiary/aromatic N) is 7. The van der Waals surface area contributed by atoms with Crippen molar-refractivity contribution in [2.75, 3.05) is 36.0 Å². The van der Waals surface area contributed by atoms with E-state index in [0.717, 1.165) is 67.0 Å². The molecule has 0 radical (unpaired) electrons. The number of benzene rings is 1. The number of piperazine rings is 1. The van der Waals surface area contributed by atoms with E-state index in [0.29, 0.717) is 11.5 Å². The van der Waals surface area contributed by atoms with E-state index in [1.807, 2.05) is 24.3 Å². The molecule has 0 N–H and O–H groups in total. The molecule has 3 aromatic rings. The molecule has 1 fully saturated rings. The minimum atomic E-state index is 0.616. The zero-order valence-corrected chi connectivity index (χ0v) is 16.3. The molecular formula is C21H23N7. The van der Waals surface area contributed by atoms with Crippen LogP contribution in [0.25, 0.3) is 10.9 Å². The Balaban J connectivity index is 1.59. The van der Waals surface area contributed by atoms with Gasteiger partial charge in [0.2, 0.25) is 5.95 Å². The van der Waals surface area contributed by atoms with Gasteiger partial charge in [-0.3, -0.25) is 4.98 Å². The first-order chi connectivity index (χ1) is 13.7. The summed E-state index contributed by atoms with van der Waals surface area (Å²) in [4.78, 5) is 13.6. The zero-order chi connectivity index (χ0) is 19.5. The second-order valence-corrected chi connectivity index (χ2v) is 6.84. The molecule has 28 heavy (non-hydrogen) atoms. The second kappa shape index (κ2) is 7.77. The highest BCUT2D eigenvalue weighted by atomic mass is 15.4. The van der Waals surface area contributed by atoms with E-state index < -0.39 is 0 Å². The maximum atomic E-state index is 9.59. The summed E-state index contributed by atoms with van der Waals surface area (Å²) in [7, 11) is 0. The van der Waals surface area contributed by atoms with Crippen LogP contribution in [0.2, 0.25) is 0 Å². The van der Waals surface area contributed by atoms with Gasteiger partial charge in [0.1, 0.15) is 6.07 Å². The van der Waals surface area contributed by atoms with E-state index in [1.165, 1.54) is 0 Å². The van der Waals surface area contributed by atoms with E-state index in [-0.39, 0.29) is 0 Å². The van der Waals surface area contributed by atoms with Gasteiger partial charge in [0.25, 0.3) is 0 Å². The number of hydrogen-bond acceptors (Lipinski definition) is 7. The number of anilines is 2. The first kappa shape index (κ1) is 18.1. The van der Waals surface area contributed by atoms with Crippen LogP contribution < -0.4 is 9.80 Å². The summed E-state index contributed by atoms with van der Waals surface area (Å²) < 4.78 is 0. The summed E-state index contributed by atoms with van der Waals surface area (Å²) >= 11 is 0. The van der Waals surface area contributed by atoms with Crippen molar-refractivity contribution in [1.82, 2.24) is 20.2 Å². The maximum absolute atomic E-state index is 9.59. The molecule has 3 heterocycles. The number of rotatable bonds is 4. The van der Waals surface area contributed by atoms with Crippen molar-refractivity contribution in [3.63, 3.8) is 0 Å². The lowest BCUT2D eigenvalue weighted by Crippen LogP contribution is -2.47. The predicted molar refractivity (Wildman–Crippen MR) is 109 cm³/mol. The lowest BCUT2D eigenvalue weighted by Gasteiger charge is -2.36. The van der Waals surface area contributed by atoms with E-state index >= 15 is 0 Å². The molecule has 0 amide bonds. The standard InChI is InChI=1S/C21H23N7/c1-3-17-18(4-2)25-26-21(24-17)28-11-9-27(10-12-28)20-15(13-22)14-23-19-8-6-5-7-16(19)20/h5-8,14H,3-4,9-12H2,1-2H3. The van der Waals surface area contributed by atoms with Crippen LogP contribution in [-0.4, -0.2) is 46.3 Å². The minimum Gasteiger partial charge on any atom is -0.366 e. The highest BCUT2D eigenvalue weighted by Crippen LogP contribution is 2.30. The molecule has 1 saturated heterocycles. The smallest absolute Gasteiger partial charge is 0.245 e. The normalized spacial score (nSPS) is 14.3. The summed E-state index contributed by atoms with van der Waals surface area (Å²) in [6.45, 7) is 7.35. The fourth-order valence-electron chi connectivity index (χ4n) is 3.74. The summed E-state index contributed by atoms with van der Waals surface area (Å²) in [5.74, 6) is 0.703.